The smallest absolute Gasteiger partial charge is 0.250 e. The maximum absolute atomic E-state index is 11.6. The van der Waals surface area contributed by atoms with Crippen LogP contribution in [0.4, 0.5) is 5.69 Å². The van der Waals surface area contributed by atoms with Crippen molar-refractivity contribution in [2.45, 2.75) is 24.8 Å². The molecular weight excluding hydrogens is 290 g/mol. The van der Waals surface area contributed by atoms with Crippen molar-refractivity contribution in [1.82, 2.24) is 0 Å². The minimum atomic E-state index is -3.34. The molecule has 1 amide bonds. The van der Waals surface area contributed by atoms with Gasteiger partial charge in [-0.05, 0) is 32.0 Å². The maximum atomic E-state index is 11.6. The Morgan fingerprint density at radius 1 is 1.42 bits per heavy atom. The van der Waals surface area contributed by atoms with Gasteiger partial charge in [-0.15, -0.1) is 0 Å². The maximum Gasteiger partial charge on any atom is 0.250 e. The van der Waals surface area contributed by atoms with Gasteiger partial charge in [0, 0.05) is 6.26 Å². The van der Waals surface area contributed by atoms with Gasteiger partial charge >= 0.3 is 0 Å². The number of sulfone groups is 1. The third-order valence-electron chi connectivity index (χ3n) is 2.19. The number of halogens is 1. The van der Waals surface area contributed by atoms with Crippen LogP contribution in [0.3, 0.4) is 0 Å². The Morgan fingerprint density at radius 2 is 2.05 bits per heavy atom. The largest absolute Gasteiger partial charge is 0.369 e. The number of benzene rings is 1. The van der Waals surface area contributed by atoms with E-state index in [0.29, 0.717) is 0 Å². The number of hydrogen-bond acceptors (Lipinski definition) is 4. The van der Waals surface area contributed by atoms with Crippen molar-refractivity contribution in [3.8, 4) is 0 Å². The zero-order valence-electron chi connectivity index (χ0n) is 10.9. The number of anilines is 1. The first-order valence-corrected chi connectivity index (χ1v) is 7.88. The lowest BCUT2D eigenvalue weighted by Crippen LogP contribution is -2.21. The second-order valence-corrected chi connectivity index (χ2v) is 6.74. The van der Waals surface area contributed by atoms with Gasteiger partial charge in [0.25, 0.3) is 0 Å². The Hall–Kier alpha value is -1.11. The molecule has 0 heterocycles. The number of ether oxygens (including phenoxy) is 1. The number of nitrogens with one attached hydrogen (secondary N) is 1. The van der Waals surface area contributed by atoms with Gasteiger partial charge in [0.2, 0.25) is 5.91 Å². The molecule has 19 heavy (non-hydrogen) atoms. The second kappa shape index (κ2) is 6.36. The van der Waals surface area contributed by atoms with E-state index in [0.717, 1.165) is 6.26 Å². The Labute approximate surface area is 117 Å². The van der Waals surface area contributed by atoms with Crippen LogP contribution in [0.15, 0.2) is 23.1 Å². The molecule has 1 aromatic rings. The normalized spacial score (nSPS) is 11.6. The van der Waals surface area contributed by atoms with Gasteiger partial charge in [0.1, 0.15) is 6.61 Å². The quantitative estimate of drug-likeness (QED) is 0.904. The lowest BCUT2D eigenvalue weighted by Gasteiger charge is -2.10. The molecule has 1 N–H and O–H groups in total. The molecule has 1 aromatic carbocycles. The molecule has 7 heteroatoms. The standard InChI is InChI=1S/C12H16ClNO4S/c1-8(2)18-7-12(15)14-11-6-9(19(3,16)17)4-5-10(11)13/h4-6,8H,7H2,1-3H3,(H,14,15). The average Bonchev–Trinajstić information content (AvgIpc) is 2.28. The van der Waals surface area contributed by atoms with Crippen LogP contribution in [-0.4, -0.2) is 33.3 Å². The Morgan fingerprint density at radius 3 is 2.58 bits per heavy atom. The summed E-state index contributed by atoms with van der Waals surface area (Å²) in [5.41, 5.74) is 0.252. The van der Waals surface area contributed by atoms with Crippen LogP contribution in [0, 0.1) is 0 Å². The van der Waals surface area contributed by atoms with E-state index in [1.54, 1.807) is 0 Å². The first kappa shape index (κ1) is 15.9. The zero-order valence-corrected chi connectivity index (χ0v) is 12.5. The van der Waals surface area contributed by atoms with E-state index in [4.69, 9.17) is 16.3 Å². The van der Waals surface area contributed by atoms with Gasteiger partial charge in [-0.2, -0.15) is 0 Å². The third-order valence-corrected chi connectivity index (χ3v) is 3.63. The zero-order chi connectivity index (χ0) is 14.6. The lowest BCUT2D eigenvalue weighted by atomic mass is 10.3. The number of amides is 1. The molecule has 0 saturated carbocycles. The van der Waals surface area contributed by atoms with E-state index in [-0.39, 0.29) is 34.2 Å². The molecule has 0 atom stereocenters. The molecule has 1 rings (SSSR count). The van der Waals surface area contributed by atoms with E-state index < -0.39 is 9.84 Å². The predicted octanol–water partition coefficient (Wildman–Crippen LogP) is 2.11. The summed E-state index contributed by atoms with van der Waals surface area (Å²) in [6, 6.07) is 4.14. The lowest BCUT2D eigenvalue weighted by molar-refractivity contribution is -0.121. The summed E-state index contributed by atoms with van der Waals surface area (Å²) >= 11 is 5.90. The molecule has 0 spiro atoms. The first-order valence-electron chi connectivity index (χ1n) is 5.61. The summed E-state index contributed by atoms with van der Waals surface area (Å²) in [6.07, 6.45) is 1.02. The third kappa shape index (κ3) is 5.18. The Balaban J connectivity index is 2.86. The SMILES string of the molecule is CC(C)OCC(=O)Nc1cc(S(C)(=O)=O)ccc1Cl. The van der Waals surface area contributed by atoms with Gasteiger partial charge in [0.05, 0.1) is 21.7 Å². The number of carbonyl (C=O) groups excluding carboxylic acids is 1. The Bertz CT molecular complexity index is 569. The topological polar surface area (TPSA) is 72.5 Å². The van der Waals surface area contributed by atoms with Crippen molar-refractivity contribution >= 4 is 33.0 Å². The van der Waals surface area contributed by atoms with Crippen LogP contribution in [0.2, 0.25) is 5.02 Å². The minimum Gasteiger partial charge on any atom is -0.369 e. The predicted molar refractivity (Wildman–Crippen MR) is 74.3 cm³/mol. The molecule has 0 aromatic heterocycles. The highest BCUT2D eigenvalue weighted by atomic mass is 35.5. The van der Waals surface area contributed by atoms with Crippen LogP contribution in [0.1, 0.15) is 13.8 Å². The van der Waals surface area contributed by atoms with E-state index in [2.05, 4.69) is 5.32 Å². The average molecular weight is 306 g/mol. The molecule has 0 bridgehead atoms. The molecule has 0 aliphatic heterocycles. The van der Waals surface area contributed by atoms with Crippen molar-refractivity contribution in [2.75, 3.05) is 18.2 Å². The molecule has 0 radical (unpaired) electrons. The molecular formula is C12H16ClNO4S. The molecule has 0 aliphatic carbocycles. The highest BCUT2D eigenvalue weighted by molar-refractivity contribution is 7.90. The summed E-state index contributed by atoms with van der Waals surface area (Å²) in [5.74, 6) is -0.388. The summed E-state index contributed by atoms with van der Waals surface area (Å²) in [6.45, 7) is 3.51. The summed E-state index contributed by atoms with van der Waals surface area (Å²) < 4.78 is 28.0. The van der Waals surface area contributed by atoms with Crippen LogP contribution >= 0.6 is 11.6 Å². The van der Waals surface area contributed by atoms with Crippen molar-refractivity contribution in [3.05, 3.63) is 23.2 Å². The fourth-order valence-corrected chi connectivity index (χ4v) is 2.07. The van der Waals surface area contributed by atoms with Crippen LogP contribution < -0.4 is 5.32 Å². The van der Waals surface area contributed by atoms with E-state index in [1.165, 1.54) is 18.2 Å². The monoisotopic (exact) mass is 305 g/mol. The molecule has 0 aliphatic rings. The number of carbonyl (C=O) groups is 1. The second-order valence-electron chi connectivity index (χ2n) is 4.32. The number of hydrogen-bond donors (Lipinski definition) is 1. The molecule has 0 unspecified atom stereocenters. The van der Waals surface area contributed by atoms with Crippen molar-refractivity contribution in [3.63, 3.8) is 0 Å². The van der Waals surface area contributed by atoms with Gasteiger partial charge in [-0.1, -0.05) is 11.6 Å². The van der Waals surface area contributed by atoms with Gasteiger partial charge < -0.3 is 10.1 Å². The van der Waals surface area contributed by atoms with Gasteiger partial charge in [-0.3, -0.25) is 4.79 Å². The summed E-state index contributed by atoms with van der Waals surface area (Å²) in [7, 11) is -3.34. The summed E-state index contributed by atoms with van der Waals surface area (Å²) in [5, 5.41) is 2.79. The highest BCUT2D eigenvalue weighted by Gasteiger charge is 2.12. The molecule has 0 saturated heterocycles. The Kier molecular flexibility index (Phi) is 5.34. The fourth-order valence-electron chi connectivity index (χ4n) is 1.26. The van der Waals surface area contributed by atoms with E-state index >= 15 is 0 Å². The van der Waals surface area contributed by atoms with Crippen molar-refractivity contribution < 1.29 is 17.9 Å². The molecule has 5 nitrogen and oxygen atoms in total. The van der Waals surface area contributed by atoms with Crippen LogP contribution in [-0.2, 0) is 19.4 Å². The van der Waals surface area contributed by atoms with Crippen molar-refractivity contribution in [2.24, 2.45) is 0 Å². The van der Waals surface area contributed by atoms with E-state index in [1.807, 2.05) is 13.8 Å². The fraction of sp³-hybridized carbons (Fsp3) is 0.417. The van der Waals surface area contributed by atoms with Crippen LogP contribution in [0.25, 0.3) is 0 Å². The van der Waals surface area contributed by atoms with Gasteiger partial charge in [-0.25, -0.2) is 8.42 Å². The van der Waals surface area contributed by atoms with Gasteiger partial charge in [0.15, 0.2) is 9.84 Å². The van der Waals surface area contributed by atoms with E-state index in [9.17, 15) is 13.2 Å². The number of rotatable bonds is 5. The minimum absolute atomic E-state index is 0.0661. The van der Waals surface area contributed by atoms with Crippen molar-refractivity contribution in [1.29, 1.82) is 0 Å². The molecule has 0 fully saturated rings. The molecule has 106 valence electrons. The highest BCUT2D eigenvalue weighted by Crippen LogP contribution is 2.25. The van der Waals surface area contributed by atoms with Crippen LogP contribution in [0.5, 0.6) is 0 Å². The summed E-state index contributed by atoms with van der Waals surface area (Å²) in [4.78, 5) is 11.7. The first-order chi connectivity index (χ1) is 8.70.